The summed E-state index contributed by atoms with van der Waals surface area (Å²) in [5, 5.41) is 1.03. The van der Waals surface area contributed by atoms with Crippen LogP contribution in [-0.2, 0) is 0 Å². The lowest BCUT2D eigenvalue weighted by Gasteiger charge is -2.03. The number of carbonyl (C=O) groups excluding carboxylic acids is 1. The predicted octanol–water partition coefficient (Wildman–Crippen LogP) is 5.57. The van der Waals surface area contributed by atoms with E-state index in [1.807, 2.05) is 30.3 Å². The molecule has 0 amide bonds. The summed E-state index contributed by atoms with van der Waals surface area (Å²) in [5.74, 6) is 0.492. The standard InChI is InChI=1S/C14H9Cl2IOS/c15-12-6-5-11(7-13(12)16)19-8-14(18)9-1-3-10(17)4-2-9/h1-7H,8H2. The Morgan fingerprint density at radius 1 is 1.05 bits per heavy atom. The molecular formula is C14H9Cl2IOS. The van der Waals surface area contributed by atoms with Crippen LogP contribution in [0.5, 0.6) is 0 Å². The SMILES string of the molecule is O=C(CSc1ccc(Cl)c(Cl)c1)c1ccc(I)cc1. The molecule has 0 atom stereocenters. The van der Waals surface area contributed by atoms with Crippen molar-refractivity contribution in [3.8, 4) is 0 Å². The summed E-state index contributed by atoms with van der Waals surface area (Å²) in [6.07, 6.45) is 0. The van der Waals surface area contributed by atoms with E-state index in [1.54, 1.807) is 12.1 Å². The molecule has 0 saturated carbocycles. The molecule has 0 aliphatic carbocycles. The van der Waals surface area contributed by atoms with Crippen molar-refractivity contribution in [3.05, 3.63) is 61.6 Å². The first-order chi connectivity index (χ1) is 9.06. The van der Waals surface area contributed by atoms with Crippen LogP contribution in [0.1, 0.15) is 10.4 Å². The van der Waals surface area contributed by atoms with E-state index in [9.17, 15) is 4.79 Å². The summed E-state index contributed by atoms with van der Waals surface area (Å²) >= 11 is 15.4. The van der Waals surface area contributed by atoms with Crippen molar-refractivity contribution < 1.29 is 4.79 Å². The Morgan fingerprint density at radius 2 is 1.74 bits per heavy atom. The van der Waals surface area contributed by atoms with Gasteiger partial charge in [0.05, 0.1) is 15.8 Å². The van der Waals surface area contributed by atoms with Gasteiger partial charge in [0.15, 0.2) is 5.78 Å². The fraction of sp³-hybridized carbons (Fsp3) is 0.0714. The minimum Gasteiger partial charge on any atom is -0.293 e. The molecule has 2 rings (SSSR count). The highest BCUT2D eigenvalue weighted by molar-refractivity contribution is 14.1. The largest absolute Gasteiger partial charge is 0.293 e. The molecular weight excluding hydrogens is 414 g/mol. The Kier molecular flexibility index (Phi) is 5.57. The molecule has 0 heterocycles. The molecule has 98 valence electrons. The number of hydrogen-bond donors (Lipinski definition) is 0. The van der Waals surface area contributed by atoms with Gasteiger partial charge in [0.25, 0.3) is 0 Å². The number of thioether (sulfide) groups is 1. The third kappa shape index (κ3) is 4.38. The van der Waals surface area contributed by atoms with Gasteiger partial charge in [-0.15, -0.1) is 11.8 Å². The molecule has 2 aromatic rings. The normalized spacial score (nSPS) is 10.5. The zero-order valence-corrected chi connectivity index (χ0v) is 14.2. The third-order valence-electron chi connectivity index (χ3n) is 2.43. The molecule has 0 spiro atoms. The molecule has 2 aromatic carbocycles. The van der Waals surface area contributed by atoms with E-state index in [0.29, 0.717) is 15.8 Å². The lowest BCUT2D eigenvalue weighted by molar-refractivity contribution is 0.102. The maximum absolute atomic E-state index is 12.0. The van der Waals surface area contributed by atoms with E-state index in [-0.39, 0.29) is 5.78 Å². The Bertz CT molecular complexity index is 599. The average Bonchev–Trinajstić information content (AvgIpc) is 2.40. The van der Waals surface area contributed by atoms with Crippen LogP contribution < -0.4 is 0 Å². The summed E-state index contributed by atoms with van der Waals surface area (Å²) in [7, 11) is 0. The summed E-state index contributed by atoms with van der Waals surface area (Å²) in [6.45, 7) is 0. The minimum absolute atomic E-state index is 0.104. The maximum Gasteiger partial charge on any atom is 0.173 e. The van der Waals surface area contributed by atoms with Crippen LogP contribution in [-0.4, -0.2) is 11.5 Å². The number of carbonyl (C=O) groups is 1. The molecule has 0 bridgehead atoms. The van der Waals surface area contributed by atoms with Crippen LogP contribution in [0.4, 0.5) is 0 Å². The molecule has 0 fully saturated rings. The molecule has 0 aliphatic heterocycles. The molecule has 1 nitrogen and oxygen atoms in total. The Hall–Kier alpha value is -0.230. The second kappa shape index (κ2) is 6.97. The number of rotatable bonds is 4. The van der Waals surface area contributed by atoms with Crippen molar-refractivity contribution in [1.29, 1.82) is 0 Å². The van der Waals surface area contributed by atoms with Gasteiger partial charge in [0.2, 0.25) is 0 Å². The van der Waals surface area contributed by atoms with E-state index < -0.39 is 0 Å². The number of ketones is 1. The monoisotopic (exact) mass is 422 g/mol. The van der Waals surface area contributed by atoms with Crippen LogP contribution in [0.25, 0.3) is 0 Å². The van der Waals surface area contributed by atoms with Gasteiger partial charge >= 0.3 is 0 Å². The first-order valence-electron chi connectivity index (χ1n) is 5.43. The van der Waals surface area contributed by atoms with Gasteiger partial charge in [-0.05, 0) is 52.9 Å². The molecule has 0 aromatic heterocycles. The van der Waals surface area contributed by atoms with Gasteiger partial charge in [-0.1, -0.05) is 35.3 Å². The number of hydrogen-bond acceptors (Lipinski definition) is 2. The highest BCUT2D eigenvalue weighted by Crippen LogP contribution is 2.28. The van der Waals surface area contributed by atoms with Crippen LogP contribution in [0.2, 0.25) is 10.0 Å². The number of halogens is 3. The quantitative estimate of drug-likeness (QED) is 0.363. The molecule has 0 radical (unpaired) electrons. The van der Waals surface area contributed by atoms with Gasteiger partial charge < -0.3 is 0 Å². The van der Waals surface area contributed by atoms with Gasteiger partial charge in [-0.25, -0.2) is 0 Å². The Labute approximate surface area is 139 Å². The first kappa shape index (κ1) is 15.2. The molecule has 19 heavy (non-hydrogen) atoms. The molecule has 0 saturated heterocycles. The summed E-state index contributed by atoms with van der Waals surface area (Å²) in [5.41, 5.74) is 0.730. The van der Waals surface area contributed by atoms with Gasteiger partial charge in [-0.2, -0.15) is 0 Å². The second-order valence-electron chi connectivity index (χ2n) is 3.79. The predicted molar refractivity (Wildman–Crippen MR) is 90.7 cm³/mol. The van der Waals surface area contributed by atoms with Gasteiger partial charge in [-0.3, -0.25) is 4.79 Å². The highest BCUT2D eigenvalue weighted by atomic mass is 127. The van der Waals surface area contributed by atoms with E-state index >= 15 is 0 Å². The zero-order valence-electron chi connectivity index (χ0n) is 9.70. The molecule has 0 aliphatic rings. The van der Waals surface area contributed by atoms with Crippen LogP contribution in [0.15, 0.2) is 47.4 Å². The van der Waals surface area contributed by atoms with Crippen molar-refractivity contribution in [2.45, 2.75) is 4.90 Å². The topological polar surface area (TPSA) is 17.1 Å². The van der Waals surface area contributed by atoms with Crippen molar-refractivity contribution >= 4 is 63.3 Å². The minimum atomic E-state index is 0.104. The van der Waals surface area contributed by atoms with E-state index in [1.165, 1.54) is 11.8 Å². The zero-order chi connectivity index (χ0) is 13.8. The Balaban J connectivity index is 2.00. The van der Waals surface area contributed by atoms with Gasteiger partial charge in [0, 0.05) is 14.0 Å². The van der Waals surface area contributed by atoms with Crippen molar-refractivity contribution in [2.24, 2.45) is 0 Å². The maximum atomic E-state index is 12.0. The summed E-state index contributed by atoms with van der Waals surface area (Å²) in [4.78, 5) is 12.9. The van der Waals surface area contributed by atoms with Crippen LogP contribution >= 0.6 is 57.6 Å². The van der Waals surface area contributed by atoms with Crippen LogP contribution in [0, 0.1) is 3.57 Å². The lowest BCUT2D eigenvalue weighted by atomic mass is 10.2. The van der Waals surface area contributed by atoms with E-state index in [4.69, 9.17) is 23.2 Å². The highest BCUT2D eigenvalue weighted by Gasteiger charge is 2.07. The third-order valence-corrected chi connectivity index (χ3v) is 4.88. The smallest absolute Gasteiger partial charge is 0.173 e. The second-order valence-corrected chi connectivity index (χ2v) is 6.90. The molecule has 0 N–H and O–H groups in total. The Morgan fingerprint density at radius 3 is 2.37 bits per heavy atom. The lowest BCUT2D eigenvalue weighted by Crippen LogP contribution is -2.01. The summed E-state index contributed by atoms with van der Waals surface area (Å²) in [6, 6.07) is 12.9. The molecule has 0 unspecified atom stereocenters. The average molecular weight is 423 g/mol. The number of Topliss-reactive ketones (excluding diaryl/α,β-unsaturated/α-hetero) is 1. The summed E-state index contributed by atoms with van der Waals surface area (Å²) < 4.78 is 1.12. The first-order valence-corrected chi connectivity index (χ1v) is 8.25. The fourth-order valence-electron chi connectivity index (χ4n) is 1.43. The number of benzene rings is 2. The van der Waals surface area contributed by atoms with E-state index in [0.717, 1.165) is 14.0 Å². The van der Waals surface area contributed by atoms with Crippen LogP contribution in [0.3, 0.4) is 0 Å². The fourth-order valence-corrected chi connectivity index (χ4v) is 2.99. The van der Waals surface area contributed by atoms with E-state index in [2.05, 4.69) is 22.6 Å². The molecule has 5 heteroatoms. The van der Waals surface area contributed by atoms with Crippen molar-refractivity contribution in [1.82, 2.24) is 0 Å². The van der Waals surface area contributed by atoms with Gasteiger partial charge in [0.1, 0.15) is 0 Å². The van der Waals surface area contributed by atoms with Crippen molar-refractivity contribution in [3.63, 3.8) is 0 Å². The van der Waals surface area contributed by atoms with Crippen molar-refractivity contribution in [2.75, 3.05) is 5.75 Å².